The van der Waals surface area contributed by atoms with E-state index in [-0.39, 0.29) is 5.91 Å². The van der Waals surface area contributed by atoms with Gasteiger partial charge < -0.3 is 10.4 Å². The van der Waals surface area contributed by atoms with E-state index in [1.165, 1.54) is 31.6 Å². The summed E-state index contributed by atoms with van der Waals surface area (Å²) in [5, 5.41) is 10.9. The maximum atomic E-state index is 11.4. The molecular weight excluding hydrogens is 196 g/mol. The number of carbonyl (C=O) groups excluding carboxylic acids is 1. The number of rotatable bonds is 3. The molecule has 5 nitrogen and oxygen atoms in total. The number of aromatic nitrogens is 1. The first-order valence-electron chi connectivity index (χ1n) is 4.22. The Bertz CT molecular complexity index is 413. The van der Waals surface area contributed by atoms with E-state index in [1.807, 2.05) is 0 Å². The van der Waals surface area contributed by atoms with Crippen LogP contribution in [0.5, 0.6) is 0 Å². The van der Waals surface area contributed by atoms with E-state index in [1.54, 1.807) is 0 Å². The Morgan fingerprint density at radius 1 is 1.53 bits per heavy atom. The first kappa shape index (κ1) is 10.9. The minimum atomic E-state index is -1.07. The number of pyridine rings is 1. The highest BCUT2D eigenvalue weighted by Gasteiger charge is 2.07. The Hall–Kier alpha value is -2.17. The predicted octanol–water partition coefficient (Wildman–Crippen LogP) is 0.539. The first-order valence-corrected chi connectivity index (χ1v) is 4.22. The molecule has 0 saturated carbocycles. The van der Waals surface area contributed by atoms with Crippen LogP contribution in [-0.2, 0) is 4.79 Å². The topological polar surface area (TPSA) is 79.3 Å². The van der Waals surface area contributed by atoms with Gasteiger partial charge in [-0.2, -0.15) is 0 Å². The fourth-order valence-electron chi connectivity index (χ4n) is 1.04. The Morgan fingerprint density at radius 3 is 2.87 bits per heavy atom. The smallest absolute Gasteiger partial charge is 0.328 e. The SMILES string of the molecule is CNC(=O)c1ccncc1C=CC(=O)O. The number of hydrogen-bond donors (Lipinski definition) is 2. The molecule has 1 rings (SSSR count). The lowest BCUT2D eigenvalue weighted by molar-refractivity contribution is -0.131. The molecule has 0 spiro atoms. The summed E-state index contributed by atoms with van der Waals surface area (Å²) < 4.78 is 0. The van der Waals surface area contributed by atoms with E-state index in [0.717, 1.165) is 6.08 Å². The molecule has 1 heterocycles. The van der Waals surface area contributed by atoms with Crippen LogP contribution in [0.2, 0.25) is 0 Å². The minimum absolute atomic E-state index is 0.276. The molecule has 0 aliphatic rings. The van der Waals surface area contributed by atoms with Crippen molar-refractivity contribution in [3.63, 3.8) is 0 Å². The highest BCUT2D eigenvalue weighted by atomic mass is 16.4. The molecule has 0 aromatic carbocycles. The fourth-order valence-corrected chi connectivity index (χ4v) is 1.04. The van der Waals surface area contributed by atoms with Gasteiger partial charge in [0.2, 0.25) is 0 Å². The van der Waals surface area contributed by atoms with E-state index in [9.17, 15) is 9.59 Å². The van der Waals surface area contributed by atoms with Crippen LogP contribution < -0.4 is 5.32 Å². The van der Waals surface area contributed by atoms with Gasteiger partial charge in [0.25, 0.3) is 5.91 Å². The standard InChI is InChI=1S/C10H10N2O3/c1-11-10(15)8-4-5-12-6-7(8)2-3-9(13)14/h2-6H,1H3,(H,11,15)(H,13,14). The molecule has 1 aromatic heterocycles. The lowest BCUT2D eigenvalue weighted by Crippen LogP contribution is -2.18. The number of hydrogen-bond acceptors (Lipinski definition) is 3. The third-order valence-corrected chi connectivity index (χ3v) is 1.73. The van der Waals surface area contributed by atoms with Gasteiger partial charge in [-0.15, -0.1) is 0 Å². The van der Waals surface area contributed by atoms with Gasteiger partial charge in [0.1, 0.15) is 0 Å². The zero-order valence-electron chi connectivity index (χ0n) is 8.10. The van der Waals surface area contributed by atoms with Gasteiger partial charge in [-0.3, -0.25) is 9.78 Å². The van der Waals surface area contributed by atoms with E-state index in [4.69, 9.17) is 5.11 Å². The van der Waals surface area contributed by atoms with Crippen molar-refractivity contribution in [3.05, 3.63) is 35.7 Å². The van der Waals surface area contributed by atoms with Crippen LogP contribution in [0.3, 0.4) is 0 Å². The van der Waals surface area contributed by atoms with Crippen molar-refractivity contribution >= 4 is 18.0 Å². The van der Waals surface area contributed by atoms with E-state index in [2.05, 4.69) is 10.3 Å². The lowest BCUT2D eigenvalue weighted by Gasteiger charge is -2.02. The van der Waals surface area contributed by atoms with Crippen LogP contribution in [0.25, 0.3) is 6.08 Å². The molecular formula is C10H10N2O3. The highest BCUT2D eigenvalue weighted by Crippen LogP contribution is 2.08. The summed E-state index contributed by atoms with van der Waals surface area (Å²) in [6.45, 7) is 0. The number of nitrogens with one attached hydrogen (secondary N) is 1. The molecule has 15 heavy (non-hydrogen) atoms. The highest BCUT2D eigenvalue weighted by molar-refractivity contribution is 5.98. The molecule has 1 amide bonds. The predicted molar refractivity (Wildman–Crippen MR) is 54.3 cm³/mol. The van der Waals surface area contributed by atoms with Gasteiger partial charge in [0.05, 0.1) is 0 Å². The molecule has 0 fully saturated rings. The molecule has 2 N–H and O–H groups in total. The third kappa shape index (κ3) is 2.91. The molecule has 0 saturated heterocycles. The van der Waals surface area contributed by atoms with Crippen LogP contribution in [-0.4, -0.2) is 29.0 Å². The Labute approximate surface area is 86.5 Å². The maximum Gasteiger partial charge on any atom is 0.328 e. The van der Waals surface area contributed by atoms with Crippen LogP contribution >= 0.6 is 0 Å². The van der Waals surface area contributed by atoms with Gasteiger partial charge >= 0.3 is 5.97 Å². The van der Waals surface area contributed by atoms with Gasteiger partial charge in [0.15, 0.2) is 0 Å². The molecule has 0 unspecified atom stereocenters. The van der Waals surface area contributed by atoms with Crippen molar-refractivity contribution in [1.82, 2.24) is 10.3 Å². The Morgan fingerprint density at radius 2 is 2.27 bits per heavy atom. The van der Waals surface area contributed by atoms with Crippen molar-refractivity contribution in [2.45, 2.75) is 0 Å². The van der Waals surface area contributed by atoms with Gasteiger partial charge in [0, 0.05) is 36.6 Å². The van der Waals surface area contributed by atoms with Crippen LogP contribution in [0, 0.1) is 0 Å². The zero-order valence-corrected chi connectivity index (χ0v) is 8.10. The van der Waals surface area contributed by atoms with Gasteiger partial charge in [-0.1, -0.05) is 0 Å². The summed E-state index contributed by atoms with van der Waals surface area (Å²) >= 11 is 0. The second kappa shape index (κ2) is 4.90. The Kier molecular flexibility index (Phi) is 3.56. The summed E-state index contributed by atoms with van der Waals surface area (Å²) in [6, 6.07) is 1.53. The maximum absolute atomic E-state index is 11.4. The third-order valence-electron chi connectivity index (χ3n) is 1.73. The summed E-state index contributed by atoms with van der Waals surface area (Å²) in [5.41, 5.74) is 0.865. The number of carboxylic acid groups (broad SMARTS) is 1. The average molecular weight is 206 g/mol. The molecule has 78 valence electrons. The second-order valence-corrected chi connectivity index (χ2v) is 2.71. The van der Waals surface area contributed by atoms with Gasteiger partial charge in [-0.05, 0) is 12.1 Å². The molecule has 0 bridgehead atoms. The molecule has 0 radical (unpaired) electrons. The van der Waals surface area contributed by atoms with Crippen LogP contribution in [0.4, 0.5) is 0 Å². The largest absolute Gasteiger partial charge is 0.478 e. The minimum Gasteiger partial charge on any atom is -0.478 e. The number of nitrogens with zero attached hydrogens (tertiary/aromatic N) is 1. The molecule has 0 aliphatic heterocycles. The molecule has 0 aliphatic carbocycles. The zero-order chi connectivity index (χ0) is 11.3. The number of carboxylic acids is 1. The normalized spacial score (nSPS) is 10.2. The van der Waals surface area contributed by atoms with Crippen LogP contribution in [0.1, 0.15) is 15.9 Å². The van der Waals surface area contributed by atoms with E-state index >= 15 is 0 Å². The summed E-state index contributed by atoms with van der Waals surface area (Å²) in [7, 11) is 1.51. The van der Waals surface area contributed by atoms with E-state index in [0.29, 0.717) is 11.1 Å². The van der Waals surface area contributed by atoms with Crippen molar-refractivity contribution in [3.8, 4) is 0 Å². The monoisotopic (exact) mass is 206 g/mol. The molecule has 1 aromatic rings. The quantitative estimate of drug-likeness (QED) is 0.707. The molecule has 5 heteroatoms. The van der Waals surface area contributed by atoms with Crippen molar-refractivity contribution in [2.24, 2.45) is 0 Å². The number of aliphatic carboxylic acids is 1. The fraction of sp³-hybridized carbons (Fsp3) is 0.100. The lowest BCUT2D eigenvalue weighted by atomic mass is 10.1. The second-order valence-electron chi connectivity index (χ2n) is 2.71. The average Bonchev–Trinajstić information content (AvgIpc) is 2.25. The molecule has 0 atom stereocenters. The summed E-state index contributed by atoms with van der Waals surface area (Å²) in [4.78, 5) is 25.5. The van der Waals surface area contributed by atoms with Gasteiger partial charge in [-0.25, -0.2) is 4.79 Å². The summed E-state index contributed by atoms with van der Waals surface area (Å²) in [6.07, 6.45) is 5.20. The number of carbonyl (C=O) groups is 2. The van der Waals surface area contributed by atoms with E-state index < -0.39 is 5.97 Å². The Balaban J connectivity index is 3.06. The summed E-state index contributed by atoms with van der Waals surface area (Å²) in [5.74, 6) is -1.34. The van der Waals surface area contributed by atoms with Crippen LogP contribution in [0.15, 0.2) is 24.5 Å². The number of amides is 1. The van der Waals surface area contributed by atoms with Crippen molar-refractivity contribution in [2.75, 3.05) is 7.05 Å². The van der Waals surface area contributed by atoms with Crippen molar-refractivity contribution < 1.29 is 14.7 Å². The van der Waals surface area contributed by atoms with Crippen molar-refractivity contribution in [1.29, 1.82) is 0 Å². The first-order chi connectivity index (χ1) is 7.15.